The lowest BCUT2D eigenvalue weighted by molar-refractivity contribution is -0.386. The number of nitro groups is 1. The summed E-state index contributed by atoms with van der Waals surface area (Å²) in [6, 6.07) is 0.405. The van der Waals surface area contributed by atoms with Crippen LogP contribution in [0.4, 0.5) is 14.5 Å². The first kappa shape index (κ1) is 13.7. The highest BCUT2D eigenvalue weighted by atomic mass is 19.3. The maximum Gasteiger partial charge on any atom is 0.361 e. The molecule has 1 heterocycles. The lowest BCUT2D eigenvalue weighted by Crippen LogP contribution is -2.10. The zero-order chi connectivity index (χ0) is 13.9. The van der Waals surface area contributed by atoms with Gasteiger partial charge in [0.05, 0.1) is 11.5 Å². The van der Waals surface area contributed by atoms with Crippen molar-refractivity contribution in [2.45, 2.75) is 13.3 Å². The number of ether oxygens (including phenoxy) is 1. The Kier molecular flexibility index (Phi) is 4.08. The maximum absolute atomic E-state index is 12.5. The van der Waals surface area contributed by atoms with Gasteiger partial charge in [0.2, 0.25) is 5.75 Å². The lowest BCUT2D eigenvalue weighted by atomic mass is 10.2. The molecule has 1 N–H and O–H groups in total. The molecule has 0 aliphatic heterocycles. The first-order chi connectivity index (χ1) is 8.38. The van der Waals surface area contributed by atoms with Gasteiger partial charge < -0.3 is 9.84 Å². The highest BCUT2D eigenvalue weighted by molar-refractivity contribution is 5.91. The molecule has 7 nitrogen and oxygen atoms in total. The molecule has 1 rings (SSSR count). The van der Waals surface area contributed by atoms with E-state index >= 15 is 0 Å². The molecular formula is C9H8F2N2O5. The van der Waals surface area contributed by atoms with E-state index in [1.165, 1.54) is 6.92 Å². The second kappa shape index (κ2) is 5.34. The van der Waals surface area contributed by atoms with Gasteiger partial charge in [-0.25, -0.2) is 18.6 Å². The van der Waals surface area contributed by atoms with Gasteiger partial charge >= 0.3 is 11.7 Å². The molecule has 0 bridgehead atoms. The molecule has 0 saturated heterocycles. The van der Waals surface area contributed by atoms with Crippen molar-refractivity contribution in [3.05, 3.63) is 27.6 Å². The third-order valence-corrected chi connectivity index (χ3v) is 1.88. The van der Waals surface area contributed by atoms with Crippen molar-refractivity contribution in [2.75, 3.05) is 6.61 Å². The number of aromatic hydroxyl groups is 1. The summed E-state index contributed by atoms with van der Waals surface area (Å²) in [5.41, 5.74) is -2.91. The van der Waals surface area contributed by atoms with E-state index in [1.54, 1.807) is 0 Å². The molecule has 9 heteroatoms. The van der Waals surface area contributed by atoms with Crippen LogP contribution in [0.25, 0.3) is 0 Å². The number of carbonyl (C=O) groups excluding carboxylic acids is 1. The fourth-order valence-electron chi connectivity index (χ4n) is 1.14. The second-order valence-electron chi connectivity index (χ2n) is 3.04. The molecule has 0 fully saturated rings. The molecule has 1 aromatic heterocycles. The van der Waals surface area contributed by atoms with Crippen molar-refractivity contribution < 1.29 is 28.3 Å². The van der Waals surface area contributed by atoms with Gasteiger partial charge in [-0.2, -0.15) is 0 Å². The number of hydrogen-bond acceptors (Lipinski definition) is 6. The molecule has 0 unspecified atom stereocenters. The minimum atomic E-state index is -3.11. The van der Waals surface area contributed by atoms with Gasteiger partial charge in [0.15, 0.2) is 5.69 Å². The summed E-state index contributed by atoms with van der Waals surface area (Å²) in [7, 11) is 0. The van der Waals surface area contributed by atoms with E-state index in [-0.39, 0.29) is 6.61 Å². The van der Waals surface area contributed by atoms with E-state index in [0.717, 1.165) is 0 Å². The molecular weight excluding hydrogens is 254 g/mol. The Hall–Kier alpha value is -2.32. The summed E-state index contributed by atoms with van der Waals surface area (Å²) in [5, 5.41) is 20.0. The molecule has 0 radical (unpaired) electrons. The van der Waals surface area contributed by atoms with Crippen molar-refractivity contribution in [1.29, 1.82) is 0 Å². The molecule has 0 atom stereocenters. The average molecular weight is 262 g/mol. The van der Waals surface area contributed by atoms with Gasteiger partial charge in [0.25, 0.3) is 6.43 Å². The van der Waals surface area contributed by atoms with E-state index < -0.39 is 40.1 Å². The standard InChI is InChI=1S/C9H8F2N2O5/c1-2-18-9(15)6-7(14)5(13(16)17)3-4(12-6)8(10)11/h3,8,14H,2H2,1H3. The minimum Gasteiger partial charge on any atom is -0.500 e. The van der Waals surface area contributed by atoms with E-state index in [0.29, 0.717) is 6.07 Å². The van der Waals surface area contributed by atoms with Crippen LogP contribution in [0.1, 0.15) is 29.5 Å². The average Bonchev–Trinajstić information content (AvgIpc) is 2.28. The Morgan fingerprint density at radius 1 is 1.67 bits per heavy atom. The third-order valence-electron chi connectivity index (χ3n) is 1.88. The zero-order valence-electron chi connectivity index (χ0n) is 9.09. The zero-order valence-corrected chi connectivity index (χ0v) is 9.09. The van der Waals surface area contributed by atoms with Crippen LogP contribution in [0.3, 0.4) is 0 Å². The summed E-state index contributed by atoms with van der Waals surface area (Å²) >= 11 is 0. The Morgan fingerprint density at radius 2 is 2.28 bits per heavy atom. The number of aromatic nitrogens is 1. The van der Waals surface area contributed by atoms with Gasteiger partial charge in [0.1, 0.15) is 5.69 Å². The molecule has 98 valence electrons. The third kappa shape index (κ3) is 2.67. The first-order valence-electron chi connectivity index (χ1n) is 4.72. The number of carbonyl (C=O) groups is 1. The van der Waals surface area contributed by atoms with E-state index in [9.17, 15) is 28.8 Å². The molecule has 0 aliphatic rings. The van der Waals surface area contributed by atoms with Crippen LogP contribution >= 0.6 is 0 Å². The van der Waals surface area contributed by atoms with Gasteiger partial charge in [-0.1, -0.05) is 0 Å². The molecule has 18 heavy (non-hydrogen) atoms. The summed E-state index contributed by atoms with van der Waals surface area (Å²) in [6.45, 7) is 1.35. The summed E-state index contributed by atoms with van der Waals surface area (Å²) in [5.74, 6) is -2.30. The number of halogens is 2. The summed E-state index contributed by atoms with van der Waals surface area (Å²) in [4.78, 5) is 23.9. The van der Waals surface area contributed by atoms with Crippen LogP contribution in [0.5, 0.6) is 5.75 Å². The molecule has 0 amide bonds. The Bertz CT molecular complexity index is 492. The molecule has 0 saturated carbocycles. The van der Waals surface area contributed by atoms with Crippen molar-refractivity contribution in [3.63, 3.8) is 0 Å². The van der Waals surface area contributed by atoms with Crippen molar-refractivity contribution >= 4 is 11.7 Å². The van der Waals surface area contributed by atoms with Crippen LogP contribution in [-0.4, -0.2) is 27.6 Å². The maximum atomic E-state index is 12.5. The van der Waals surface area contributed by atoms with Gasteiger partial charge in [0, 0.05) is 6.07 Å². The lowest BCUT2D eigenvalue weighted by Gasteiger charge is -2.06. The van der Waals surface area contributed by atoms with E-state index in [2.05, 4.69) is 9.72 Å². The fourth-order valence-corrected chi connectivity index (χ4v) is 1.14. The van der Waals surface area contributed by atoms with Gasteiger partial charge in [-0.3, -0.25) is 10.1 Å². The Labute approximate surface area is 99.2 Å². The van der Waals surface area contributed by atoms with Crippen LogP contribution in [0, 0.1) is 10.1 Å². The topological polar surface area (TPSA) is 103 Å². The van der Waals surface area contributed by atoms with E-state index in [4.69, 9.17) is 0 Å². The number of rotatable bonds is 4. The number of hydrogen-bond donors (Lipinski definition) is 1. The van der Waals surface area contributed by atoms with E-state index in [1.807, 2.05) is 0 Å². The normalized spacial score (nSPS) is 10.4. The minimum absolute atomic E-state index is 0.0906. The van der Waals surface area contributed by atoms with Crippen molar-refractivity contribution in [2.24, 2.45) is 0 Å². The van der Waals surface area contributed by atoms with Crippen molar-refractivity contribution in [3.8, 4) is 5.75 Å². The summed E-state index contributed by atoms with van der Waals surface area (Å²) in [6.07, 6.45) is -3.11. The molecule has 0 aromatic carbocycles. The van der Waals surface area contributed by atoms with Crippen LogP contribution in [0.2, 0.25) is 0 Å². The van der Waals surface area contributed by atoms with Crippen molar-refractivity contribution in [1.82, 2.24) is 4.98 Å². The number of alkyl halides is 2. The highest BCUT2D eigenvalue weighted by Gasteiger charge is 2.28. The van der Waals surface area contributed by atoms with Gasteiger partial charge in [-0.15, -0.1) is 0 Å². The smallest absolute Gasteiger partial charge is 0.361 e. The SMILES string of the molecule is CCOC(=O)c1nc(C(F)F)cc([N+](=O)[O-])c1O. The number of pyridine rings is 1. The number of nitrogens with zero attached hydrogens (tertiary/aromatic N) is 2. The molecule has 0 aliphatic carbocycles. The Morgan fingerprint density at radius 3 is 2.72 bits per heavy atom. The second-order valence-corrected chi connectivity index (χ2v) is 3.04. The van der Waals surface area contributed by atoms with Gasteiger partial charge in [-0.05, 0) is 6.92 Å². The van der Waals surface area contributed by atoms with Crippen LogP contribution in [0.15, 0.2) is 6.07 Å². The monoisotopic (exact) mass is 262 g/mol. The molecule has 0 spiro atoms. The predicted molar refractivity (Wildman–Crippen MR) is 53.5 cm³/mol. The first-order valence-corrected chi connectivity index (χ1v) is 4.72. The highest BCUT2D eigenvalue weighted by Crippen LogP contribution is 2.32. The largest absolute Gasteiger partial charge is 0.500 e. The van der Waals surface area contributed by atoms with Crippen LogP contribution < -0.4 is 0 Å². The summed E-state index contributed by atoms with van der Waals surface area (Å²) < 4.78 is 29.4. The molecule has 1 aromatic rings. The predicted octanol–water partition coefficient (Wildman–Crippen LogP) is 1.81. The Balaban J connectivity index is 3.40. The quantitative estimate of drug-likeness (QED) is 0.504. The number of esters is 1. The fraction of sp³-hybridized carbons (Fsp3) is 0.333. The van der Waals surface area contributed by atoms with Crippen LogP contribution in [-0.2, 0) is 4.74 Å².